The fraction of sp³-hybridized carbons (Fsp3) is 0.462. The molecule has 1 unspecified atom stereocenters. The third-order valence-electron chi connectivity index (χ3n) is 2.82. The first-order valence-corrected chi connectivity index (χ1v) is 7.45. The van der Waals surface area contributed by atoms with Crippen molar-refractivity contribution in [1.82, 2.24) is 14.9 Å². The number of nitrogens with zero attached hydrogens (tertiary/aromatic N) is 2. The molecule has 0 saturated carbocycles. The topological polar surface area (TPSA) is 43.0 Å². The van der Waals surface area contributed by atoms with Crippen molar-refractivity contribution in [2.45, 2.75) is 12.5 Å². The number of furan rings is 1. The third kappa shape index (κ3) is 3.17. The molecule has 98 valence electrons. The van der Waals surface area contributed by atoms with Crippen LogP contribution in [0.4, 0.5) is 0 Å². The van der Waals surface area contributed by atoms with Crippen LogP contribution in [0.2, 0.25) is 0 Å². The Morgan fingerprint density at radius 3 is 3.06 bits per heavy atom. The highest BCUT2D eigenvalue weighted by Gasteiger charge is 2.19. The number of rotatable bonds is 7. The van der Waals surface area contributed by atoms with E-state index in [0.717, 1.165) is 24.6 Å². The van der Waals surface area contributed by atoms with Crippen LogP contribution in [0.5, 0.6) is 0 Å². The summed E-state index contributed by atoms with van der Waals surface area (Å²) in [5, 5.41) is 3.51. The number of nitrogens with one attached hydrogen (secondary N) is 1. The standard InChI is InChI=1S/C13H19N3OS/c1-16-8-7-15-13(16)12(11-5-3-9-17-11)14-6-4-10-18-2/h3,5,7-9,12,14H,4,6,10H2,1-2H3. The van der Waals surface area contributed by atoms with Gasteiger partial charge in [0.05, 0.1) is 6.26 Å². The highest BCUT2D eigenvalue weighted by molar-refractivity contribution is 7.98. The van der Waals surface area contributed by atoms with Gasteiger partial charge in [0.2, 0.25) is 0 Å². The van der Waals surface area contributed by atoms with Crippen LogP contribution in [0, 0.1) is 0 Å². The van der Waals surface area contributed by atoms with Crippen LogP contribution in [-0.2, 0) is 7.05 Å². The van der Waals surface area contributed by atoms with E-state index >= 15 is 0 Å². The molecule has 0 fully saturated rings. The van der Waals surface area contributed by atoms with E-state index in [4.69, 9.17) is 4.42 Å². The Morgan fingerprint density at radius 1 is 1.56 bits per heavy atom. The van der Waals surface area contributed by atoms with Crippen molar-refractivity contribution in [2.75, 3.05) is 18.6 Å². The van der Waals surface area contributed by atoms with E-state index in [1.54, 1.807) is 6.26 Å². The summed E-state index contributed by atoms with van der Waals surface area (Å²) in [6, 6.07) is 3.93. The van der Waals surface area contributed by atoms with Crippen molar-refractivity contribution >= 4 is 11.8 Å². The molecule has 0 aliphatic carbocycles. The largest absolute Gasteiger partial charge is 0.467 e. The average molecular weight is 265 g/mol. The molecule has 2 heterocycles. The second-order valence-electron chi connectivity index (χ2n) is 4.15. The fourth-order valence-electron chi connectivity index (χ4n) is 1.89. The van der Waals surface area contributed by atoms with E-state index in [0.29, 0.717) is 0 Å². The maximum atomic E-state index is 5.51. The van der Waals surface area contributed by atoms with Crippen molar-refractivity contribution in [3.05, 3.63) is 42.4 Å². The molecule has 0 amide bonds. The monoisotopic (exact) mass is 265 g/mol. The van der Waals surface area contributed by atoms with E-state index < -0.39 is 0 Å². The molecule has 0 aliphatic rings. The van der Waals surface area contributed by atoms with Crippen LogP contribution < -0.4 is 5.32 Å². The van der Waals surface area contributed by atoms with Gasteiger partial charge in [-0.1, -0.05) is 0 Å². The molecule has 5 heteroatoms. The van der Waals surface area contributed by atoms with E-state index in [1.807, 2.05) is 47.9 Å². The Labute approximate surface area is 112 Å². The minimum atomic E-state index is 0.0295. The first-order chi connectivity index (χ1) is 8.83. The molecule has 2 rings (SSSR count). The molecule has 1 N–H and O–H groups in total. The zero-order valence-corrected chi connectivity index (χ0v) is 11.6. The summed E-state index contributed by atoms with van der Waals surface area (Å²) in [5.74, 6) is 3.06. The second kappa shape index (κ2) is 6.66. The SMILES string of the molecule is CSCCCNC(c1ccco1)c1nccn1C. The lowest BCUT2D eigenvalue weighted by Gasteiger charge is -2.16. The average Bonchev–Trinajstić information content (AvgIpc) is 3.01. The van der Waals surface area contributed by atoms with Gasteiger partial charge >= 0.3 is 0 Å². The summed E-state index contributed by atoms with van der Waals surface area (Å²) in [5.41, 5.74) is 0. The number of imidazole rings is 1. The Bertz CT molecular complexity index is 453. The molecule has 0 aromatic carbocycles. The number of aryl methyl sites for hydroxylation is 1. The minimum Gasteiger partial charge on any atom is -0.467 e. The summed E-state index contributed by atoms with van der Waals surface area (Å²) in [6.45, 7) is 0.957. The smallest absolute Gasteiger partial charge is 0.133 e. The molecule has 0 aliphatic heterocycles. The maximum absolute atomic E-state index is 5.51. The Hall–Kier alpha value is -1.20. The van der Waals surface area contributed by atoms with E-state index in [2.05, 4.69) is 16.6 Å². The zero-order valence-electron chi connectivity index (χ0n) is 10.8. The maximum Gasteiger partial charge on any atom is 0.133 e. The fourth-order valence-corrected chi connectivity index (χ4v) is 2.33. The molecule has 1 atom stereocenters. The highest BCUT2D eigenvalue weighted by atomic mass is 32.2. The van der Waals surface area contributed by atoms with Gasteiger partial charge in [-0.3, -0.25) is 0 Å². The van der Waals surface area contributed by atoms with Gasteiger partial charge in [0, 0.05) is 19.4 Å². The van der Waals surface area contributed by atoms with Gasteiger partial charge < -0.3 is 14.3 Å². The molecule has 2 aromatic rings. The van der Waals surface area contributed by atoms with E-state index in [9.17, 15) is 0 Å². The van der Waals surface area contributed by atoms with Gasteiger partial charge in [0.15, 0.2) is 0 Å². The lowest BCUT2D eigenvalue weighted by atomic mass is 10.2. The predicted octanol–water partition coefficient (Wildman–Crippen LogP) is 2.45. The first-order valence-electron chi connectivity index (χ1n) is 6.06. The summed E-state index contributed by atoms with van der Waals surface area (Å²) in [6.07, 6.45) is 8.74. The van der Waals surface area contributed by atoms with Gasteiger partial charge in [0.1, 0.15) is 17.6 Å². The third-order valence-corrected chi connectivity index (χ3v) is 3.51. The van der Waals surface area contributed by atoms with Crippen LogP contribution >= 0.6 is 11.8 Å². The van der Waals surface area contributed by atoms with Crippen molar-refractivity contribution in [3.8, 4) is 0 Å². The molecule has 0 bridgehead atoms. The predicted molar refractivity (Wildman–Crippen MR) is 74.8 cm³/mol. The molecule has 0 spiro atoms. The van der Waals surface area contributed by atoms with E-state index in [-0.39, 0.29) is 6.04 Å². The van der Waals surface area contributed by atoms with Crippen LogP contribution in [0.25, 0.3) is 0 Å². The van der Waals surface area contributed by atoms with Crippen molar-refractivity contribution in [2.24, 2.45) is 7.05 Å². The van der Waals surface area contributed by atoms with Crippen LogP contribution in [0.1, 0.15) is 24.0 Å². The van der Waals surface area contributed by atoms with Gasteiger partial charge in [0.25, 0.3) is 0 Å². The van der Waals surface area contributed by atoms with Crippen LogP contribution in [-0.4, -0.2) is 28.1 Å². The molecular weight excluding hydrogens is 246 g/mol. The molecule has 2 aromatic heterocycles. The summed E-state index contributed by atoms with van der Waals surface area (Å²) in [4.78, 5) is 4.41. The number of thioether (sulfide) groups is 1. The quantitative estimate of drug-likeness (QED) is 0.781. The molecule has 18 heavy (non-hydrogen) atoms. The summed E-state index contributed by atoms with van der Waals surface area (Å²) in [7, 11) is 2.00. The number of hydrogen-bond donors (Lipinski definition) is 1. The number of hydrogen-bond acceptors (Lipinski definition) is 4. The van der Waals surface area contributed by atoms with Crippen molar-refractivity contribution in [3.63, 3.8) is 0 Å². The molecule has 0 saturated heterocycles. The van der Waals surface area contributed by atoms with Gasteiger partial charge in [-0.2, -0.15) is 11.8 Å². The Balaban J connectivity index is 2.07. The van der Waals surface area contributed by atoms with Crippen molar-refractivity contribution in [1.29, 1.82) is 0 Å². The first kappa shape index (κ1) is 13.2. The lowest BCUT2D eigenvalue weighted by Crippen LogP contribution is -2.26. The summed E-state index contributed by atoms with van der Waals surface area (Å²) >= 11 is 1.87. The van der Waals surface area contributed by atoms with E-state index in [1.165, 1.54) is 5.75 Å². The minimum absolute atomic E-state index is 0.0295. The molecule has 4 nitrogen and oxygen atoms in total. The van der Waals surface area contributed by atoms with Crippen LogP contribution in [0.3, 0.4) is 0 Å². The Morgan fingerprint density at radius 2 is 2.44 bits per heavy atom. The van der Waals surface area contributed by atoms with Crippen molar-refractivity contribution < 1.29 is 4.42 Å². The van der Waals surface area contributed by atoms with Crippen LogP contribution in [0.15, 0.2) is 35.2 Å². The lowest BCUT2D eigenvalue weighted by molar-refractivity contribution is 0.431. The van der Waals surface area contributed by atoms with Gasteiger partial charge in [-0.05, 0) is 37.1 Å². The zero-order chi connectivity index (χ0) is 12.8. The molecule has 0 radical (unpaired) electrons. The highest BCUT2D eigenvalue weighted by Crippen LogP contribution is 2.20. The van der Waals surface area contributed by atoms with Gasteiger partial charge in [-0.25, -0.2) is 4.98 Å². The van der Waals surface area contributed by atoms with Gasteiger partial charge in [-0.15, -0.1) is 0 Å². The number of aromatic nitrogens is 2. The second-order valence-corrected chi connectivity index (χ2v) is 5.13. The Kier molecular flexibility index (Phi) is 4.90. The molecular formula is C13H19N3OS. The normalized spacial score (nSPS) is 12.8. The summed E-state index contributed by atoms with van der Waals surface area (Å²) < 4.78 is 7.53.